The minimum absolute atomic E-state index is 0.00490. The van der Waals surface area contributed by atoms with Crippen LogP contribution in [-0.2, 0) is 14.3 Å². The van der Waals surface area contributed by atoms with Crippen molar-refractivity contribution in [2.75, 3.05) is 13.2 Å². The van der Waals surface area contributed by atoms with Crippen LogP contribution in [0.25, 0.3) is 11.1 Å². The van der Waals surface area contributed by atoms with Gasteiger partial charge in [-0.05, 0) is 60.3 Å². The number of carbonyl (C=O) groups excluding carboxylic acids is 2. The molecule has 4 rings (SSSR count). The number of ether oxygens (including phenoxy) is 1. The Morgan fingerprint density at radius 2 is 1.57 bits per heavy atom. The van der Waals surface area contributed by atoms with Crippen molar-refractivity contribution in [3.05, 3.63) is 59.7 Å². The van der Waals surface area contributed by atoms with E-state index in [4.69, 9.17) is 9.84 Å². The highest BCUT2D eigenvalue weighted by Crippen LogP contribution is 2.44. The van der Waals surface area contributed by atoms with Gasteiger partial charge in [-0.1, -0.05) is 55.5 Å². The molecule has 1 saturated carbocycles. The summed E-state index contributed by atoms with van der Waals surface area (Å²) in [4.78, 5) is 35.7. The smallest absolute Gasteiger partial charge is 0.407 e. The lowest BCUT2D eigenvalue weighted by Gasteiger charge is -2.28. The first-order valence-corrected chi connectivity index (χ1v) is 12.5. The molecule has 0 spiro atoms. The van der Waals surface area contributed by atoms with Crippen molar-refractivity contribution < 1.29 is 24.2 Å². The Hall–Kier alpha value is -3.35. The molecule has 7 nitrogen and oxygen atoms in total. The molecule has 35 heavy (non-hydrogen) atoms. The van der Waals surface area contributed by atoms with E-state index in [0.29, 0.717) is 25.8 Å². The number of amides is 2. The summed E-state index contributed by atoms with van der Waals surface area (Å²) in [5, 5.41) is 14.7. The normalized spacial score (nSPS) is 19.8. The molecule has 2 amide bonds. The fourth-order valence-electron chi connectivity index (χ4n) is 5.29. The van der Waals surface area contributed by atoms with E-state index in [1.54, 1.807) is 0 Å². The molecule has 2 aromatic carbocycles. The molecule has 1 fully saturated rings. The lowest BCUT2D eigenvalue weighted by molar-refractivity contribution is -0.138. The molecule has 0 radical (unpaired) electrons. The van der Waals surface area contributed by atoms with E-state index in [0.717, 1.165) is 12.8 Å². The van der Waals surface area contributed by atoms with Crippen LogP contribution in [0.15, 0.2) is 48.5 Å². The van der Waals surface area contributed by atoms with Crippen LogP contribution in [0, 0.1) is 11.8 Å². The van der Waals surface area contributed by atoms with Gasteiger partial charge >= 0.3 is 12.1 Å². The molecular formula is C28H34N2O5. The van der Waals surface area contributed by atoms with Crippen LogP contribution in [0.4, 0.5) is 4.79 Å². The second-order valence-electron chi connectivity index (χ2n) is 9.80. The van der Waals surface area contributed by atoms with Crippen molar-refractivity contribution >= 4 is 18.0 Å². The highest BCUT2D eigenvalue weighted by atomic mass is 16.5. The second-order valence-corrected chi connectivity index (χ2v) is 9.80. The largest absolute Gasteiger partial charge is 0.481 e. The third kappa shape index (κ3) is 6.21. The van der Waals surface area contributed by atoms with Gasteiger partial charge in [-0.25, -0.2) is 4.79 Å². The number of carboxylic acid groups (broad SMARTS) is 1. The third-order valence-electron chi connectivity index (χ3n) is 7.22. The first-order chi connectivity index (χ1) is 16.9. The van der Waals surface area contributed by atoms with Crippen LogP contribution >= 0.6 is 0 Å². The van der Waals surface area contributed by atoms with Gasteiger partial charge in [0.05, 0.1) is 0 Å². The summed E-state index contributed by atoms with van der Waals surface area (Å²) in [5.74, 6) is -0.792. The summed E-state index contributed by atoms with van der Waals surface area (Å²) in [5.41, 5.74) is 4.77. The van der Waals surface area contributed by atoms with E-state index >= 15 is 0 Å². The Morgan fingerprint density at radius 1 is 0.971 bits per heavy atom. The summed E-state index contributed by atoms with van der Waals surface area (Å²) < 4.78 is 5.65. The zero-order valence-electron chi connectivity index (χ0n) is 20.2. The number of nitrogens with one attached hydrogen (secondary N) is 2. The summed E-state index contributed by atoms with van der Waals surface area (Å²) in [6.07, 6.45) is 3.25. The lowest BCUT2D eigenvalue weighted by atomic mass is 9.85. The average Bonchev–Trinajstić information content (AvgIpc) is 3.16. The third-order valence-corrected chi connectivity index (χ3v) is 7.22. The maximum absolute atomic E-state index is 12.5. The molecule has 1 atom stereocenters. The molecule has 0 bridgehead atoms. The van der Waals surface area contributed by atoms with E-state index in [1.807, 2.05) is 31.2 Å². The Morgan fingerprint density at radius 3 is 2.17 bits per heavy atom. The fourth-order valence-corrected chi connectivity index (χ4v) is 5.29. The van der Waals surface area contributed by atoms with Crippen LogP contribution in [0.5, 0.6) is 0 Å². The van der Waals surface area contributed by atoms with Crippen LogP contribution in [0.3, 0.4) is 0 Å². The Balaban J connectivity index is 1.19. The topological polar surface area (TPSA) is 105 Å². The number of alkyl carbamates (subject to hydrolysis) is 1. The number of aliphatic carboxylic acids is 1. The first-order valence-electron chi connectivity index (χ1n) is 12.5. The van der Waals surface area contributed by atoms with Crippen LogP contribution in [-0.4, -0.2) is 42.3 Å². The van der Waals surface area contributed by atoms with E-state index in [1.165, 1.54) is 22.3 Å². The Labute approximate surface area is 206 Å². The molecule has 7 heteroatoms. The van der Waals surface area contributed by atoms with E-state index in [-0.39, 0.29) is 42.7 Å². The van der Waals surface area contributed by atoms with Gasteiger partial charge in [0.2, 0.25) is 5.91 Å². The fraction of sp³-hybridized carbons (Fsp3) is 0.464. The Bertz CT molecular complexity index is 1020. The highest BCUT2D eigenvalue weighted by molar-refractivity contribution is 5.79. The number of hydrogen-bond donors (Lipinski definition) is 3. The molecule has 0 heterocycles. The number of rotatable bonds is 9. The summed E-state index contributed by atoms with van der Waals surface area (Å²) >= 11 is 0. The van der Waals surface area contributed by atoms with E-state index in [2.05, 4.69) is 34.9 Å². The number of benzene rings is 2. The molecule has 0 saturated heterocycles. The minimum Gasteiger partial charge on any atom is -0.481 e. The molecule has 3 N–H and O–H groups in total. The molecule has 2 aromatic rings. The standard InChI is InChI=1S/C28H34N2O5/c1-18(16-26(31)32)14-15-29-27(33)19-10-12-20(13-11-19)30-28(34)35-17-25-23-8-4-2-6-21(23)22-7-3-5-9-24(22)25/h2-9,18-20,25H,10-17H2,1H3,(H,29,33)(H,30,34)(H,31,32). The van der Waals surface area contributed by atoms with Gasteiger partial charge in [-0.15, -0.1) is 0 Å². The number of carboxylic acids is 1. The van der Waals surface area contributed by atoms with Crippen molar-refractivity contribution in [3.63, 3.8) is 0 Å². The van der Waals surface area contributed by atoms with Gasteiger partial charge in [0.25, 0.3) is 0 Å². The van der Waals surface area contributed by atoms with Crippen LogP contribution in [0.2, 0.25) is 0 Å². The van der Waals surface area contributed by atoms with Crippen molar-refractivity contribution in [2.24, 2.45) is 11.8 Å². The van der Waals surface area contributed by atoms with Gasteiger partial charge in [0.1, 0.15) is 6.61 Å². The van der Waals surface area contributed by atoms with Gasteiger partial charge in [0.15, 0.2) is 0 Å². The molecule has 186 valence electrons. The lowest BCUT2D eigenvalue weighted by Crippen LogP contribution is -2.41. The SMILES string of the molecule is CC(CCNC(=O)C1CCC(NC(=O)OCC2c3ccccc3-c3ccccc32)CC1)CC(=O)O. The predicted molar refractivity (Wildman–Crippen MR) is 133 cm³/mol. The van der Waals surface area contributed by atoms with Gasteiger partial charge in [0, 0.05) is 30.8 Å². The summed E-state index contributed by atoms with van der Waals surface area (Å²) in [7, 11) is 0. The molecule has 2 aliphatic rings. The maximum atomic E-state index is 12.5. The number of carbonyl (C=O) groups is 3. The second kappa shape index (κ2) is 11.4. The van der Waals surface area contributed by atoms with E-state index < -0.39 is 12.1 Å². The number of fused-ring (bicyclic) bond motifs is 3. The van der Waals surface area contributed by atoms with E-state index in [9.17, 15) is 14.4 Å². The molecule has 1 unspecified atom stereocenters. The highest BCUT2D eigenvalue weighted by Gasteiger charge is 2.30. The monoisotopic (exact) mass is 478 g/mol. The molecule has 0 aliphatic heterocycles. The predicted octanol–water partition coefficient (Wildman–Crippen LogP) is 4.70. The first kappa shape index (κ1) is 24.8. The zero-order valence-corrected chi connectivity index (χ0v) is 20.2. The van der Waals surface area contributed by atoms with Crippen LogP contribution in [0.1, 0.15) is 62.5 Å². The quantitative estimate of drug-likeness (QED) is 0.485. The average molecular weight is 479 g/mol. The summed E-state index contributed by atoms with van der Waals surface area (Å²) in [6, 6.07) is 16.5. The van der Waals surface area contributed by atoms with Crippen molar-refractivity contribution in [1.82, 2.24) is 10.6 Å². The number of hydrogen-bond acceptors (Lipinski definition) is 4. The molecular weight excluding hydrogens is 444 g/mol. The van der Waals surface area contributed by atoms with Crippen molar-refractivity contribution in [1.29, 1.82) is 0 Å². The van der Waals surface area contributed by atoms with Gasteiger partial charge in [-0.2, -0.15) is 0 Å². The van der Waals surface area contributed by atoms with Crippen LogP contribution < -0.4 is 10.6 Å². The minimum atomic E-state index is -0.814. The maximum Gasteiger partial charge on any atom is 0.407 e. The van der Waals surface area contributed by atoms with Crippen molar-refractivity contribution in [3.8, 4) is 11.1 Å². The van der Waals surface area contributed by atoms with Crippen molar-refractivity contribution in [2.45, 2.75) is 57.4 Å². The summed E-state index contributed by atoms with van der Waals surface area (Å²) in [6.45, 7) is 2.66. The Kier molecular flexibility index (Phi) is 8.06. The zero-order chi connectivity index (χ0) is 24.8. The molecule has 0 aromatic heterocycles. The van der Waals surface area contributed by atoms with Gasteiger partial charge < -0.3 is 20.5 Å². The molecule has 2 aliphatic carbocycles. The van der Waals surface area contributed by atoms with Gasteiger partial charge in [-0.3, -0.25) is 9.59 Å².